The van der Waals surface area contributed by atoms with Crippen LogP contribution in [0.4, 0.5) is 22.1 Å². The van der Waals surface area contributed by atoms with Gasteiger partial charge < -0.3 is 67.3 Å². The molecule has 0 spiro atoms. The first-order valence-electron chi connectivity index (χ1n) is 17.1. The smallest absolute Gasteiger partial charge is 0.407 e. The number of carbonyl (C=O) groups is 4. The number of ether oxygens (including phenoxy) is 1. The van der Waals surface area contributed by atoms with Crippen molar-refractivity contribution in [3.63, 3.8) is 0 Å². The summed E-state index contributed by atoms with van der Waals surface area (Å²) in [4.78, 5) is 61.9. The third-order valence-electron chi connectivity index (χ3n) is 7.80. The fourth-order valence-corrected chi connectivity index (χ4v) is 7.11. The van der Waals surface area contributed by atoms with Crippen molar-refractivity contribution in [3.05, 3.63) is 47.3 Å². The van der Waals surface area contributed by atoms with Gasteiger partial charge in [-0.15, -0.1) is 0 Å². The van der Waals surface area contributed by atoms with Crippen LogP contribution in [-0.2, 0) is 19.1 Å². The molecule has 3 aromatic rings. The van der Waals surface area contributed by atoms with E-state index in [1.807, 2.05) is 24.3 Å². The lowest BCUT2D eigenvalue weighted by Crippen LogP contribution is -2.51. The Balaban J connectivity index is 1.30. The Kier molecular flexibility index (Phi) is 20.3. The summed E-state index contributed by atoms with van der Waals surface area (Å²) in [6.45, 7) is -0.690. The topological polar surface area (TPSA) is 310 Å². The highest BCUT2D eigenvalue weighted by molar-refractivity contribution is 9.10. The Bertz CT molecular complexity index is 1740. The first-order chi connectivity index (χ1) is 26.8. The van der Waals surface area contributed by atoms with E-state index in [0.29, 0.717) is 29.5 Å². The molecule has 3 rings (SSSR count). The van der Waals surface area contributed by atoms with Gasteiger partial charge in [0.05, 0.1) is 30.5 Å². The number of hydrogen-bond donors (Lipinski definition) is 12. The number of anilines is 3. The monoisotopic (exact) mass is 887 g/mol. The van der Waals surface area contributed by atoms with Crippen molar-refractivity contribution < 1.29 is 54.6 Å². The minimum Gasteiger partial charge on any atom is -0.480 e. The number of likely N-dealkylation sites (N-methyl/N-ethyl adjacent to an activating group) is 1. The number of nitrogens with one attached hydrogen (secondary N) is 6. The molecule has 0 radical (unpaired) electrons. The van der Waals surface area contributed by atoms with Gasteiger partial charge in [0.2, 0.25) is 11.8 Å². The highest BCUT2D eigenvalue weighted by Gasteiger charge is 2.30. The van der Waals surface area contributed by atoms with Crippen molar-refractivity contribution in [2.24, 2.45) is 0 Å². The molecule has 308 valence electrons. The van der Waals surface area contributed by atoms with Crippen LogP contribution in [0, 0.1) is 0 Å². The molecule has 2 aromatic heterocycles. The van der Waals surface area contributed by atoms with Gasteiger partial charge in [-0.05, 0) is 37.7 Å². The summed E-state index contributed by atoms with van der Waals surface area (Å²) in [6.07, 6.45) is -4.84. The van der Waals surface area contributed by atoms with E-state index in [0.717, 1.165) is 26.3 Å². The van der Waals surface area contributed by atoms with E-state index in [1.165, 1.54) is 24.2 Å². The molecule has 12 N–H and O–H groups in total. The zero-order valence-electron chi connectivity index (χ0n) is 30.1. The maximum atomic E-state index is 12.7. The first kappa shape index (κ1) is 46.3. The van der Waals surface area contributed by atoms with Gasteiger partial charge in [0.15, 0.2) is 0 Å². The van der Waals surface area contributed by atoms with Gasteiger partial charge in [-0.1, -0.05) is 43.6 Å². The van der Waals surface area contributed by atoms with Crippen LogP contribution < -0.4 is 31.9 Å². The molecule has 6 atom stereocenters. The van der Waals surface area contributed by atoms with Gasteiger partial charge >= 0.3 is 12.1 Å². The van der Waals surface area contributed by atoms with E-state index in [9.17, 15) is 44.7 Å². The number of fused-ring (bicyclic) bond motifs is 1. The van der Waals surface area contributed by atoms with Gasteiger partial charge in [-0.2, -0.15) is 0 Å². The number of rotatable bonds is 25. The normalized spacial score (nSPS) is 14.4. The number of carboxylic acid groups (broad SMARTS) is 1. The Morgan fingerprint density at radius 1 is 0.946 bits per heavy atom. The number of benzene rings is 1. The third kappa shape index (κ3) is 15.8. The summed E-state index contributed by atoms with van der Waals surface area (Å²) < 4.78 is 6.09. The molecule has 0 unspecified atom stereocenters. The van der Waals surface area contributed by atoms with Crippen LogP contribution in [0.15, 0.2) is 47.3 Å². The van der Waals surface area contributed by atoms with Gasteiger partial charge in [-0.25, -0.2) is 24.5 Å². The van der Waals surface area contributed by atoms with E-state index in [1.54, 1.807) is 12.3 Å². The largest absolute Gasteiger partial charge is 0.480 e. The molecule has 0 saturated heterocycles. The molecular weight excluding hydrogens is 842 g/mol. The number of amides is 3. The van der Waals surface area contributed by atoms with Gasteiger partial charge in [0, 0.05) is 53.1 Å². The second-order valence-electron chi connectivity index (χ2n) is 11.9. The average molecular weight is 889 g/mol. The molecule has 0 aliphatic rings. The second kappa shape index (κ2) is 24.5. The fraction of sp³-hybridized carbons (Fsp3) is 0.485. The Labute approximate surface area is 337 Å². The maximum absolute atomic E-state index is 12.7. The van der Waals surface area contributed by atoms with Crippen LogP contribution >= 0.6 is 37.5 Å². The van der Waals surface area contributed by atoms with Gasteiger partial charge in [0.1, 0.15) is 48.9 Å². The summed E-state index contributed by atoms with van der Waals surface area (Å²) in [7, 11) is 3.87. The SMILES string of the molecule is CN[C@@H](CCC(=O)NC[C@H](O)[C@@H](O)[C@H](O)[C@H](O)CO)C(=O)N[C@@H](CSSCCOC(=O)NCCNc1cc2c(Nc3cccc(Br)c3)ncnc2cn1)C(=O)O. The minimum atomic E-state index is -1.84. The predicted molar refractivity (Wildman–Crippen MR) is 213 cm³/mol. The molecule has 0 aliphatic heterocycles. The van der Waals surface area contributed by atoms with Crippen LogP contribution in [-0.4, -0.2) is 157 Å². The lowest BCUT2D eigenvalue weighted by Gasteiger charge is -2.25. The standard InChI is InChI=1S/C33H46BrN9O11S2/c1-35-21(5-6-27(47)39-14-24(45)28(48)29(49)25(46)15-44)31(50)43-23(32(51)52)16-56-55-10-9-54-33(53)37-8-7-36-26-12-20-22(13-38-26)40-17-41-30(20)42-19-4-2-3-18(34)11-19/h2-4,11-13,17,21,23-25,28-29,35,44-46,48-49H,5-10,14-16H2,1H3,(H,36,38)(H,37,53)(H,39,47)(H,43,50)(H,51,52)(H,40,41,42)/t21-,23-,24-,25+,28+,29+/m0/s1. The molecule has 0 bridgehead atoms. The van der Waals surface area contributed by atoms with E-state index in [2.05, 4.69) is 62.8 Å². The summed E-state index contributed by atoms with van der Waals surface area (Å²) >= 11 is 3.45. The molecule has 20 nitrogen and oxygen atoms in total. The van der Waals surface area contributed by atoms with Crippen molar-refractivity contribution in [3.8, 4) is 0 Å². The van der Waals surface area contributed by atoms with Gasteiger partial charge in [0.25, 0.3) is 0 Å². The molecule has 0 aliphatic carbocycles. The number of carboxylic acids is 1. The number of aromatic nitrogens is 3. The summed E-state index contributed by atoms with van der Waals surface area (Å²) in [5.74, 6) is -1.03. The van der Waals surface area contributed by atoms with Crippen molar-refractivity contribution in [2.45, 2.75) is 49.3 Å². The molecule has 2 heterocycles. The number of aliphatic carboxylic acids is 1. The lowest BCUT2D eigenvalue weighted by molar-refractivity contribution is -0.141. The number of halogens is 1. The average Bonchev–Trinajstić information content (AvgIpc) is 3.18. The predicted octanol–water partition coefficient (Wildman–Crippen LogP) is -0.460. The van der Waals surface area contributed by atoms with E-state index in [4.69, 9.17) is 9.84 Å². The second-order valence-corrected chi connectivity index (χ2v) is 15.5. The quantitative estimate of drug-likeness (QED) is 0.0378. The number of alkyl carbamates (subject to hydrolysis) is 1. The van der Waals surface area contributed by atoms with Crippen LogP contribution in [0.2, 0.25) is 0 Å². The van der Waals surface area contributed by atoms with Crippen molar-refractivity contribution in [2.75, 3.05) is 62.0 Å². The van der Waals surface area contributed by atoms with Crippen LogP contribution in [0.25, 0.3) is 10.9 Å². The molecule has 1 aromatic carbocycles. The first-order valence-corrected chi connectivity index (χ1v) is 20.4. The Morgan fingerprint density at radius 2 is 1.71 bits per heavy atom. The summed E-state index contributed by atoms with van der Waals surface area (Å²) in [6, 6.07) is 7.28. The van der Waals surface area contributed by atoms with Crippen molar-refractivity contribution in [1.29, 1.82) is 0 Å². The number of hydrogen-bond acceptors (Lipinski definition) is 18. The zero-order chi connectivity index (χ0) is 41.0. The Hall–Kier alpha value is -4.07. The molecule has 0 saturated carbocycles. The number of carbonyl (C=O) groups excluding carboxylic acids is 3. The van der Waals surface area contributed by atoms with E-state index < -0.39 is 73.5 Å². The Morgan fingerprint density at radius 3 is 2.43 bits per heavy atom. The highest BCUT2D eigenvalue weighted by atomic mass is 79.9. The molecule has 23 heteroatoms. The van der Waals surface area contributed by atoms with Crippen LogP contribution in [0.5, 0.6) is 0 Å². The number of aliphatic hydroxyl groups is 5. The zero-order valence-corrected chi connectivity index (χ0v) is 33.3. The minimum absolute atomic E-state index is 0.00586. The number of nitrogens with zero attached hydrogens (tertiary/aromatic N) is 3. The molecule has 3 amide bonds. The fourth-order valence-electron chi connectivity index (χ4n) is 4.73. The molecular formula is C33H46BrN9O11S2. The number of aliphatic hydroxyl groups excluding tert-OH is 5. The third-order valence-corrected chi connectivity index (χ3v) is 10.7. The molecule has 56 heavy (non-hydrogen) atoms. The van der Waals surface area contributed by atoms with Crippen molar-refractivity contribution in [1.82, 2.24) is 36.2 Å². The van der Waals surface area contributed by atoms with E-state index >= 15 is 0 Å². The van der Waals surface area contributed by atoms with Crippen LogP contribution in [0.3, 0.4) is 0 Å². The summed E-state index contributed by atoms with van der Waals surface area (Å²) in [5, 5.41) is 74.6. The number of pyridine rings is 1. The molecule has 0 fully saturated rings. The van der Waals surface area contributed by atoms with Gasteiger partial charge in [-0.3, -0.25) is 9.59 Å². The van der Waals surface area contributed by atoms with Crippen molar-refractivity contribution >= 4 is 89.6 Å². The summed E-state index contributed by atoms with van der Waals surface area (Å²) in [5.41, 5.74) is 1.49. The maximum Gasteiger partial charge on any atom is 0.407 e. The lowest BCUT2D eigenvalue weighted by atomic mass is 10.0. The van der Waals surface area contributed by atoms with E-state index in [-0.39, 0.29) is 31.7 Å². The van der Waals surface area contributed by atoms with Crippen LogP contribution in [0.1, 0.15) is 12.8 Å². The highest BCUT2D eigenvalue weighted by Crippen LogP contribution is 2.26.